The summed E-state index contributed by atoms with van der Waals surface area (Å²) in [6, 6.07) is 8.00. The van der Waals surface area contributed by atoms with E-state index in [4.69, 9.17) is 16.3 Å². The van der Waals surface area contributed by atoms with Gasteiger partial charge in [0.1, 0.15) is 6.10 Å². The van der Waals surface area contributed by atoms with Gasteiger partial charge in [-0.05, 0) is 48.2 Å². The first-order valence-corrected chi connectivity index (χ1v) is 11.0. The van der Waals surface area contributed by atoms with Crippen LogP contribution in [-0.2, 0) is 16.1 Å². The van der Waals surface area contributed by atoms with E-state index in [0.29, 0.717) is 19.8 Å². The van der Waals surface area contributed by atoms with Crippen LogP contribution in [-0.4, -0.2) is 53.4 Å². The summed E-state index contributed by atoms with van der Waals surface area (Å²) in [5, 5.41) is 12.3. The number of amides is 1. The average Bonchev–Trinajstić information content (AvgIpc) is 3.08. The second-order valence-electron chi connectivity index (χ2n) is 7.24. The Bertz CT molecular complexity index is 1080. The minimum Gasteiger partial charge on any atom is -0.384 e. The minimum absolute atomic E-state index is 0.242. The Kier molecular flexibility index (Phi) is 6.19. The highest BCUT2D eigenvalue weighted by Gasteiger charge is 2.22. The number of fused-ring (bicyclic) bond motifs is 1. The molecule has 30 heavy (non-hydrogen) atoms. The van der Waals surface area contributed by atoms with Gasteiger partial charge in [0.2, 0.25) is 11.2 Å². The molecule has 3 aromatic rings. The molecule has 0 bridgehead atoms. The monoisotopic (exact) mass is 446 g/mol. The second kappa shape index (κ2) is 8.85. The molecular formula is C21H23ClN4O3S. The molecule has 1 aliphatic rings. The number of anilines is 1. The lowest BCUT2D eigenvalue weighted by Crippen LogP contribution is -2.36. The molecule has 1 amide bonds. The van der Waals surface area contributed by atoms with E-state index in [1.807, 2.05) is 31.2 Å². The Morgan fingerprint density at radius 1 is 1.37 bits per heavy atom. The first-order valence-electron chi connectivity index (χ1n) is 9.78. The number of nitrogens with one attached hydrogen (secondary N) is 1. The fourth-order valence-corrected chi connectivity index (χ4v) is 4.90. The number of nitrogens with zero attached hydrogens (tertiary/aromatic N) is 3. The lowest BCUT2D eigenvalue weighted by atomic mass is 10.1. The van der Waals surface area contributed by atoms with Crippen LogP contribution in [0.25, 0.3) is 20.7 Å². The third-order valence-corrected chi connectivity index (χ3v) is 6.56. The number of halogens is 1. The van der Waals surface area contributed by atoms with Crippen molar-refractivity contribution in [2.24, 2.45) is 0 Å². The van der Waals surface area contributed by atoms with Gasteiger partial charge in [-0.15, -0.1) is 11.3 Å². The summed E-state index contributed by atoms with van der Waals surface area (Å²) in [5.74, 6) is 0.464. The van der Waals surface area contributed by atoms with Gasteiger partial charge in [0.15, 0.2) is 5.82 Å². The molecule has 9 heteroatoms. The van der Waals surface area contributed by atoms with Crippen LogP contribution in [0.5, 0.6) is 0 Å². The molecule has 3 heterocycles. The summed E-state index contributed by atoms with van der Waals surface area (Å²) >= 11 is 7.91. The number of carbonyl (C=O) groups excluding carboxylic acids is 1. The van der Waals surface area contributed by atoms with E-state index in [-0.39, 0.29) is 5.28 Å². The van der Waals surface area contributed by atoms with E-state index in [2.05, 4.69) is 20.2 Å². The zero-order chi connectivity index (χ0) is 21.3. The highest BCUT2D eigenvalue weighted by Crippen LogP contribution is 2.41. The van der Waals surface area contributed by atoms with Crippen molar-refractivity contribution in [2.75, 3.05) is 31.2 Å². The van der Waals surface area contributed by atoms with E-state index in [1.54, 1.807) is 11.3 Å². The van der Waals surface area contributed by atoms with Crippen LogP contribution in [0.2, 0.25) is 5.28 Å². The van der Waals surface area contributed by atoms with Crippen molar-refractivity contribution < 1.29 is 14.6 Å². The molecule has 0 aliphatic carbocycles. The zero-order valence-corrected chi connectivity index (χ0v) is 18.4. The third-order valence-electron chi connectivity index (χ3n) is 5.07. The lowest BCUT2D eigenvalue weighted by Gasteiger charge is -2.28. The number of carbonyl (C=O) groups is 1. The van der Waals surface area contributed by atoms with Gasteiger partial charge in [0, 0.05) is 24.5 Å². The molecule has 0 spiro atoms. The SMILES string of the molecule is Cc1c(-c2cccc(CNC(=O)[C@H](C)O)c2)sc2c(N3CCOCC3)nc(Cl)nc12. The summed E-state index contributed by atoms with van der Waals surface area (Å²) < 4.78 is 6.48. The molecular weight excluding hydrogens is 424 g/mol. The second-order valence-corrected chi connectivity index (χ2v) is 8.60. The Morgan fingerprint density at radius 3 is 2.87 bits per heavy atom. The molecule has 1 fully saturated rings. The molecule has 2 aromatic heterocycles. The van der Waals surface area contributed by atoms with Crippen LogP contribution in [0, 0.1) is 6.92 Å². The highest BCUT2D eigenvalue weighted by molar-refractivity contribution is 7.23. The predicted octanol–water partition coefficient (Wildman–Crippen LogP) is 3.15. The fraction of sp³-hybridized carbons (Fsp3) is 0.381. The number of rotatable bonds is 5. The summed E-state index contributed by atoms with van der Waals surface area (Å²) in [5.41, 5.74) is 3.92. The largest absolute Gasteiger partial charge is 0.384 e. The summed E-state index contributed by atoms with van der Waals surface area (Å²) in [7, 11) is 0. The number of ether oxygens (including phenoxy) is 1. The molecule has 1 aromatic carbocycles. The molecule has 0 unspecified atom stereocenters. The number of thiophene rings is 1. The predicted molar refractivity (Wildman–Crippen MR) is 119 cm³/mol. The Morgan fingerprint density at radius 2 is 2.13 bits per heavy atom. The van der Waals surface area contributed by atoms with E-state index in [1.165, 1.54) is 6.92 Å². The quantitative estimate of drug-likeness (QED) is 0.585. The summed E-state index contributed by atoms with van der Waals surface area (Å²) in [4.78, 5) is 24.0. The summed E-state index contributed by atoms with van der Waals surface area (Å²) in [6.07, 6.45) is -1.03. The normalized spacial score (nSPS) is 15.4. The molecule has 1 aliphatic heterocycles. The number of hydrogen-bond acceptors (Lipinski definition) is 7. The Hall–Kier alpha value is -2.26. The van der Waals surface area contributed by atoms with Crippen molar-refractivity contribution in [1.29, 1.82) is 0 Å². The van der Waals surface area contributed by atoms with Crippen molar-refractivity contribution in [3.05, 3.63) is 40.7 Å². The van der Waals surface area contributed by atoms with Crippen molar-refractivity contribution in [3.8, 4) is 10.4 Å². The Balaban J connectivity index is 1.70. The van der Waals surface area contributed by atoms with Gasteiger partial charge < -0.3 is 20.1 Å². The summed E-state index contributed by atoms with van der Waals surface area (Å²) in [6.45, 7) is 6.72. The maximum absolute atomic E-state index is 11.7. The van der Waals surface area contributed by atoms with Crippen LogP contribution in [0.4, 0.5) is 5.82 Å². The van der Waals surface area contributed by atoms with Crippen molar-refractivity contribution >= 4 is 44.9 Å². The van der Waals surface area contributed by atoms with Gasteiger partial charge in [0.25, 0.3) is 0 Å². The van der Waals surface area contributed by atoms with Gasteiger partial charge in [0.05, 0.1) is 23.4 Å². The maximum atomic E-state index is 11.7. The van der Waals surface area contributed by atoms with Gasteiger partial charge in [-0.25, -0.2) is 4.98 Å². The molecule has 0 saturated carbocycles. The minimum atomic E-state index is -1.03. The number of aliphatic hydroxyl groups excluding tert-OH is 1. The van der Waals surface area contributed by atoms with E-state index < -0.39 is 12.0 Å². The molecule has 1 saturated heterocycles. The molecule has 7 nitrogen and oxygen atoms in total. The number of aliphatic hydroxyl groups is 1. The van der Waals surface area contributed by atoms with Crippen molar-refractivity contribution in [2.45, 2.75) is 26.5 Å². The van der Waals surface area contributed by atoms with Crippen LogP contribution >= 0.6 is 22.9 Å². The topological polar surface area (TPSA) is 87.6 Å². The van der Waals surface area contributed by atoms with E-state index >= 15 is 0 Å². The fourth-order valence-electron chi connectivity index (χ4n) is 3.47. The number of hydrogen-bond donors (Lipinski definition) is 2. The molecule has 158 valence electrons. The Labute approximate surface area is 183 Å². The molecule has 4 rings (SSSR count). The van der Waals surface area contributed by atoms with Crippen molar-refractivity contribution in [1.82, 2.24) is 15.3 Å². The highest BCUT2D eigenvalue weighted by atomic mass is 35.5. The van der Waals surface area contributed by atoms with Crippen LogP contribution in [0.3, 0.4) is 0 Å². The lowest BCUT2D eigenvalue weighted by molar-refractivity contribution is -0.128. The first kappa shape index (κ1) is 21.0. The molecule has 0 radical (unpaired) electrons. The zero-order valence-electron chi connectivity index (χ0n) is 16.8. The third kappa shape index (κ3) is 4.27. The standard InChI is InChI=1S/C21H23ClN4O3S/c1-12-16-18(19(25-21(22)24-16)26-6-8-29-9-7-26)30-17(12)15-5-3-4-14(10-15)11-23-20(28)13(2)27/h3-5,10,13,27H,6-9,11H2,1-2H3,(H,23,28)/t13-/m0/s1. The van der Waals surface area contributed by atoms with Crippen LogP contribution in [0.1, 0.15) is 18.1 Å². The number of aromatic nitrogens is 2. The van der Waals surface area contributed by atoms with Gasteiger partial charge in [-0.3, -0.25) is 4.79 Å². The number of benzene rings is 1. The van der Waals surface area contributed by atoms with E-state index in [0.717, 1.165) is 50.7 Å². The van der Waals surface area contributed by atoms with Crippen LogP contribution < -0.4 is 10.2 Å². The maximum Gasteiger partial charge on any atom is 0.248 e. The first-order chi connectivity index (χ1) is 14.4. The van der Waals surface area contributed by atoms with Crippen LogP contribution in [0.15, 0.2) is 24.3 Å². The van der Waals surface area contributed by atoms with Gasteiger partial charge in [-0.2, -0.15) is 4.98 Å². The van der Waals surface area contributed by atoms with Crippen molar-refractivity contribution in [3.63, 3.8) is 0 Å². The smallest absolute Gasteiger partial charge is 0.248 e. The van der Waals surface area contributed by atoms with E-state index in [9.17, 15) is 9.90 Å². The molecule has 2 N–H and O–H groups in total. The van der Waals surface area contributed by atoms with Gasteiger partial charge >= 0.3 is 0 Å². The van der Waals surface area contributed by atoms with Gasteiger partial charge in [-0.1, -0.05) is 18.2 Å². The number of morpholine rings is 1. The number of aryl methyl sites for hydroxylation is 1. The molecule has 1 atom stereocenters. The average molecular weight is 447 g/mol.